The molecule has 1 aliphatic heterocycles. The van der Waals surface area contributed by atoms with Gasteiger partial charge in [-0.05, 0) is 24.6 Å². The Hall–Kier alpha value is -3.12. The fourth-order valence-electron chi connectivity index (χ4n) is 3.23. The number of carbonyl (C=O) groups is 2. The number of nitrogens with zero attached hydrogens (tertiary/aromatic N) is 1. The summed E-state index contributed by atoms with van der Waals surface area (Å²) in [7, 11) is 0. The minimum absolute atomic E-state index is 0.00593. The number of ether oxygens (including phenoxy) is 1. The lowest BCUT2D eigenvalue weighted by atomic mass is 9.95. The molecule has 0 saturated carbocycles. The number of Topliss-reactive ketones (excluding diaryl/α,β-unsaturated/α-hetero) is 1. The van der Waals surface area contributed by atoms with Crippen molar-refractivity contribution in [3.63, 3.8) is 0 Å². The average molecular weight is 367 g/mol. The van der Waals surface area contributed by atoms with Crippen molar-refractivity contribution in [1.29, 1.82) is 0 Å². The van der Waals surface area contributed by atoms with Crippen LogP contribution in [0.4, 0.5) is 0 Å². The molecule has 1 fully saturated rings. The molecule has 6 nitrogen and oxygen atoms in total. The molecule has 1 atom stereocenters. The fraction of sp³-hybridized carbons (Fsp3) is 0.238. The number of hydrogen-bond acceptors (Lipinski definition) is 5. The lowest BCUT2D eigenvalue weighted by Crippen LogP contribution is -2.32. The summed E-state index contributed by atoms with van der Waals surface area (Å²) in [5.41, 5.74) is 1.13. The average Bonchev–Trinajstić information content (AvgIpc) is 2.94. The minimum Gasteiger partial charge on any atom is -0.507 e. The van der Waals surface area contributed by atoms with E-state index >= 15 is 0 Å². The fourth-order valence-corrected chi connectivity index (χ4v) is 3.23. The Kier molecular flexibility index (Phi) is 5.57. The van der Waals surface area contributed by atoms with Crippen molar-refractivity contribution in [2.45, 2.75) is 13.0 Å². The summed E-state index contributed by atoms with van der Waals surface area (Å²) >= 11 is 0. The van der Waals surface area contributed by atoms with Crippen LogP contribution < -0.4 is 4.74 Å². The smallest absolute Gasteiger partial charge is 0.295 e. The molecule has 0 spiro atoms. The normalized spacial score (nSPS) is 18.7. The standard InChI is InChI=1S/C21H21NO5/c1-2-27-16-10-8-14(9-11-16)18-17(19(24)15-6-4-3-5-7-15)20(25)21(26)22(18)12-13-23/h3-11,18,23-24H,2,12-13H2,1H3/b19-17-. The second-order valence-corrected chi connectivity index (χ2v) is 6.08. The number of rotatable bonds is 6. The maximum atomic E-state index is 12.6. The molecule has 1 heterocycles. The zero-order valence-electron chi connectivity index (χ0n) is 15.0. The Morgan fingerprint density at radius 1 is 1.07 bits per heavy atom. The predicted molar refractivity (Wildman–Crippen MR) is 100 cm³/mol. The zero-order valence-corrected chi connectivity index (χ0v) is 15.0. The summed E-state index contributed by atoms with van der Waals surface area (Å²) in [5, 5.41) is 20.1. The lowest BCUT2D eigenvalue weighted by molar-refractivity contribution is -0.140. The largest absolute Gasteiger partial charge is 0.507 e. The van der Waals surface area contributed by atoms with Crippen molar-refractivity contribution in [2.75, 3.05) is 19.8 Å². The van der Waals surface area contributed by atoms with Crippen LogP contribution in [0.2, 0.25) is 0 Å². The first kappa shape index (κ1) is 18.7. The first-order valence-electron chi connectivity index (χ1n) is 8.76. The van der Waals surface area contributed by atoms with Crippen LogP contribution in [0.3, 0.4) is 0 Å². The summed E-state index contributed by atoms with van der Waals surface area (Å²) in [4.78, 5) is 26.4. The Morgan fingerprint density at radius 2 is 1.74 bits per heavy atom. The summed E-state index contributed by atoms with van der Waals surface area (Å²) in [5.74, 6) is -1.05. The molecule has 2 aromatic carbocycles. The molecule has 0 radical (unpaired) electrons. The number of aliphatic hydroxyl groups is 2. The molecule has 3 rings (SSSR count). The van der Waals surface area contributed by atoms with Crippen molar-refractivity contribution in [2.24, 2.45) is 0 Å². The third kappa shape index (κ3) is 3.57. The van der Waals surface area contributed by atoms with E-state index in [1.54, 1.807) is 54.6 Å². The van der Waals surface area contributed by atoms with Gasteiger partial charge in [0.05, 0.1) is 24.8 Å². The highest BCUT2D eigenvalue weighted by atomic mass is 16.5. The van der Waals surface area contributed by atoms with Gasteiger partial charge in [-0.3, -0.25) is 9.59 Å². The van der Waals surface area contributed by atoms with Gasteiger partial charge < -0.3 is 19.8 Å². The van der Waals surface area contributed by atoms with Crippen molar-refractivity contribution >= 4 is 17.4 Å². The molecule has 140 valence electrons. The Morgan fingerprint density at radius 3 is 2.33 bits per heavy atom. The number of hydrogen-bond donors (Lipinski definition) is 2. The van der Waals surface area contributed by atoms with E-state index in [0.29, 0.717) is 23.5 Å². The van der Waals surface area contributed by atoms with Crippen LogP contribution in [0.25, 0.3) is 5.76 Å². The molecule has 1 unspecified atom stereocenters. The van der Waals surface area contributed by atoms with E-state index in [1.807, 2.05) is 6.92 Å². The lowest BCUT2D eigenvalue weighted by Gasteiger charge is -2.24. The summed E-state index contributed by atoms with van der Waals surface area (Å²) < 4.78 is 5.43. The van der Waals surface area contributed by atoms with Crippen LogP contribution in [0.1, 0.15) is 24.1 Å². The first-order valence-corrected chi connectivity index (χ1v) is 8.76. The maximum absolute atomic E-state index is 12.6. The molecular weight excluding hydrogens is 346 g/mol. The number of benzene rings is 2. The highest BCUT2D eigenvalue weighted by molar-refractivity contribution is 6.46. The molecule has 27 heavy (non-hydrogen) atoms. The number of likely N-dealkylation sites (tertiary alicyclic amines) is 1. The van der Waals surface area contributed by atoms with Crippen molar-refractivity contribution < 1.29 is 24.5 Å². The van der Waals surface area contributed by atoms with E-state index in [4.69, 9.17) is 4.74 Å². The van der Waals surface area contributed by atoms with Crippen LogP contribution in [0.15, 0.2) is 60.2 Å². The minimum atomic E-state index is -0.770. The molecule has 1 amide bonds. The van der Waals surface area contributed by atoms with Gasteiger partial charge in [0.15, 0.2) is 0 Å². The third-order valence-electron chi connectivity index (χ3n) is 4.43. The van der Waals surface area contributed by atoms with Crippen molar-refractivity contribution in [3.8, 4) is 5.75 Å². The Labute approximate surface area is 157 Å². The van der Waals surface area contributed by atoms with Crippen LogP contribution in [0.5, 0.6) is 5.75 Å². The van der Waals surface area contributed by atoms with E-state index in [2.05, 4.69) is 0 Å². The molecule has 0 bridgehead atoms. The van der Waals surface area contributed by atoms with Crippen LogP contribution in [0, 0.1) is 0 Å². The van der Waals surface area contributed by atoms with E-state index in [0.717, 1.165) is 0 Å². The molecule has 2 N–H and O–H groups in total. The monoisotopic (exact) mass is 367 g/mol. The van der Waals surface area contributed by atoms with E-state index < -0.39 is 17.7 Å². The van der Waals surface area contributed by atoms with Crippen molar-refractivity contribution in [3.05, 3.63) is 71.3 Å². The van der Waals surface area contributed by atoms with E-state index in [1.165, 1.54) is 4.90 Å². The molecular formula is C21H21NO5. The Bertz CT molecular complexity index is 858. The number of amides is 1. The molecule has 6 heteroatoms. The van der Waals surface area contributed by atoms with E-state index in [9.17, 15) is 19.8 Å². The molecule has 0 aliphatic carbocycles. The second kappa shape index (κ2) is 8.05. The molecule has 0 aromatic heterocycles. The van der Waals surface area contributed by atoms with Gasteiger partial charge in [-0.2, -0.15) is 0 Å². The van der Waals surface area contributed by atoms with Crippen LogP contribution in [-0.4, -0.2) is 46.6 Å². The molecule has 2 aromatic rings. The zero-order chi connectivity index (χ0) is 19.4. The first-order chi connectivity index (χ1) is 13.1. The number of β-amino-alcohol motifs (C(OH)–C–C–N with tert-alkyl or cyclic N) is 1. The third-order valence-corrected chi connectivity index (χ3v) is 4.43. The van der Waals surface area contributed by atoms with Crippen molar-refractivity contribution in [1.82, 2.24) is 4.90 Å². The highest BCUT2D eigenvalue weighted by Gasteiger charge is 2.45. The van der Waals surface area contributed by atoms with Crippen LogP contribution >= 0.6 is 0 Å². The molecule has 1 saturated heterocycles. The van der Waals surface area contributed by atoms with Gasteiger partial charge >= 0.3 is 0 Å². The number of aliphatic hydroxyl groups excluding tert-OH is 2. The predicted octanol–water partition coefficient (Wildman–Crippen LogP) is 2.50. The van der Waals surface area contributed by atoms with Gasteiger partial charge in [-0.1, -0.05) is 42.5 Å². The highest BCUT2D eigenvalue weighted by Crippen LogP contribution is 2.39. The van der Waals surface area contributed by atoms with Crippen LogP contribution in [-0.2, 0) is 9.59 Å². The second-order valence-electron chi connectivity index (χ2n) is 6.08. The maximum Gasteiger partial charge on any atom is 0.295 e. The topological polar surface area (TPSA) is 87.1 Å². The van der Waals surface area contributed by atoms with Gasteiger partial charge in [-0.15, -0.1) is 0 Å². The Balaban J connectivity index is 2.11. The SMILES string of the molecule is CCOc1ccc(C2/C(=C(/O)c3ccccc3)C(=O)C(=O)N2CCO)cc1. The quantitative estimate of drug-likeness (QED) is 0.465. The van der Waals surface area contributed by atoms with Gasteiger partial charge in [0, 0.05) is 12.1 Å². The summed E-state index contributed by atoms with van der Waals surface area (Å²) in [6.07, 6.45) is 0. The number of ketones is 1. The molecule has 1 aliphatic rings. The van der Waals surface area contributed by atoms with E-state index in [-0.39, 0.29) is 24.5 Å². The van der Waals surface area contributed by atoms with Gasteiger partial charge in [-0.25, -0.2) is 0 Å². The summed E-state index contributed by atoms with van der Waals surface area (Å²) in [6.45, 7) is 2.11. The van der Waals surface area contributed by atoms with Gasteiger partial charge in [0.1, 0.15) is 11.5 Å². The van der Waals surface area contributed by atoms with Gasteiger partial charge in [0.25, 0.3) is 11.7 Å². The summed E-state index contributed by atoms with van der Waals surface area (Å²) in [6, 6.07) is 14.9. The van der Waals surface area contributed by atoms with Gasteiger partial charge in [0.2, 0.25) is 0 Å². The number of carbonyl (C=O) groups excluding carboxylic acids is 2.